The summed E-state index contributed by atoms with van der Waals surface area (Å²) in [5.41, 5.74) is 3.85. The molecule has 3 aromatic heterocycles. The molecule has 1 aliphatic heterocycles. The third kappa shape index (κ3) is 2.76. The van der Waals surface area contributed by atoms with E-state index in [2.05, 4.69) is 26.2 Å². The average Bonchev–Trinajstić information content (AvgIpc) is 3.22. The number of nitrogens with one attached hydrogen (secondary N) is 1. The molecule has 4 heterocycles. The first kappa shape index (κ1) is 16.6. The smallest absolute Gasteiger partial charge is 0.226 e. The van der Waals surface area contributed by atoms with E-state index in [0.717, 1.165) is 36.6 Å². The van der Waals surface area contributed by atoms with Crippen molar-refractivity contribution in [2.45, 2.75) is 19.3 Å². The van der Waals surface area contributed by atoms with Gasteiger partial charge in [-0.2, -0.15) is 9.78 Å². The highest BCUT2D eigenvalue weighted by Gasteiger charge is 2.33. The van der Waals surface area contributed by atoms with E-state index in [1.165, 1.54) is 0 Å². The summed E-state index contributed by atoms with van der Waals surface area (Å²) in [6.07, 6.45) is 3.94. The number of hydrogen-bond acceptors (Lipinski definition) is 5. The first-order chi connectivity index (χ1) is 13.1. The van der Waals surface area contributed by atoms with E-state index in [-0.39, 0.29) is 11.8 Å². The van der Waals surface area contributed by atoms with Crippen molar-refractivity contribution in [1.82, 2.24) is 19.7 Å². The van der Waals surface area contributed by atoms with E-state index in [9.17, 15) is 4.79 Å². The maximum atomic E-state index is 12.4. The predicted octanol–water partition coefficient (Wildman–Crippen LogP) is 4.42. The molecule has 5 rings (SSSR count). The minimum Gasteiger partial charge on any atom is -0.310 e. The quantitative estimate of drug-likeness (QED) is 0.501. The summed E-state index contributed by atoms with van der Waals surface area (Å²) >= 11 is 5.04. The normalized spacial score (nSPS) is 16.4. The van der Waals surface area contributed by atoms with Gasteiger partial charge >= 0.3 is 0 Å². The lowest BCUT2D eigenvalue weighted by Gasteiger charge is -2.23. The Hall–Kier alpha value is -2.58. The van der Waals surface area contributed by atoms with E-state index in [4.69, 9.17) is 10.1 Å². The predicted molar refractivity (Wildman–Crippen MR) is 109 cm³/mol. The number of nitrogens with zero attached hydrogens (tertiary/aromatic N) is 4. The molecule has 0 radical (unpaired) electrons. The van der Waals surface area contributed by atoms with Gasteiger partial charge in [-0.1, -0.05) is 33.3 Å². The molecular formula is C19H14BrN5OS. The van der Waals surface area contributed by atoms with Crippen LogP contribution < -0.4 is 5.32 Å². The van der Waals surface area contributed by atoms with E-state index < -0.39 is 0 Å². The maximum absolute atomic E-state index is 12.4. The van der Waals surface area contributed by atoms with Gasteiger partial charge in [-0.05, 0) is 36.8 Å². The second-order valence-corrected chi connectivity index (χ2v) is 8.38. The summed E-state index contributed by atoms with van der Waals surface area (Å²) in [4.78, 5) is 21.3. The summed E-state index contributed by atoms with van der Waals surface area (Å²) < 4.78 is 3.82. The molecule has 0 saturated heterocycles. The van der Waals surface area contributed by atoms with Gasteiger partial charge in [0.25, 0.3) is 0 Å². The molecule has 134 valence electrons. The van der Waals surface area contributed by atoms with Gasteiger partial charge in [0.2, 0.25) is 11.0 Å². The Balaban J connectivity index is 1.68. The summed E-state index contributed by atoms with van der Waals surface area (Å²) in [6, 6.07) is 9.88. The fourth-order valence-electron chi connectivity index (χ4n) is 3.53. The van der Waals surface area contributed by atoms with Crippen LogP contribution in [0.2, 0.25) is 0 Å². The van der Waals surface area contributed by atoms with Gasteiger partial charge in [-0.3, -0.25) is 9.78 Å². The topological polar surface area (TPSA) is 72.7 Å². The van der Waals surface area contributed by atoms with E-state index in [1.54, 1.807) is 22.2 Å². The van der Waals surface area contributed by atoms with E-state index in [1.807, 2.05) is 43.5 Å². The molecule has 0 fully saturated rings. The van der Waals surface area contributed by atoms with Crippen LogP contribution in [0, 0.1) is 6.92 Å². The van der Waals surface area contributed by atoms with Crippen molar-refractivity contribution in [2.24, 2.45) is 0 Å². The van der Waals surface area contributed by atoms with Crippen LogP contribution in [0.25, 0.3) is 15.3 Å². The standard InChI is InChI=1S/C19H14BrN5OS/c1-10-17-13(11-3-2-6-21-9-11)8-16(26)23-18(17)25(24-10)19-22-14-5-4-12(20)7-15(14)27-19/h2-7,9,13H,8H2,1H3,(H,23,26)/t13-/m1/s1. The van der Waals surface area contributed by atoms with Crippen molar-refractivity contribution in [3.8, 4) is 5.13 Å². The van der Waals surface area contributed by atoms with Crippen molar-refractivity contribution in [3.63, 3.8) is 0 Å². The molecule has 1 N–H and O–H groups in total. The molecule has 0 saturated carbocycles. The Kier molecular flexibility index (Phi) is 3.84. The zero-order chi connectivity index (χ0) is 18.5. The molecule has 4 aromatic rings. The van der Waals surface area contributed by atoms with Crippen molar-refractivity contribution in [2.75, 3.05) is 5.32 Å². The number of rotatable bonds is 2. The molecule has 8 heteroatoms. The molecule has 1 aromatic carbocycles. The molecule has 27 heavy (non-hydrogen) atoms. The number of pyridine rings is 1. The summed E-state index contributed by atoms with van der Waals surface area (Å²) in [6.45, 7) is 1.97. The number of benzene rings is 1. The second kappa shape index (κ2) is 6.24. The highest BCUT2D eigenvalue weighted by atomic mass is 79.9. The maximum Gasteiger partial charge on any atom is 0.226 e. The third-order valence-electron chi connectivity index (χ3n) is 4.71. The number of anilines is 1. The van der Waals surface area contributed by atoms with Crippen LogP contribution in [0.15, 0.2) is 47.2 Å². The Morgan fingerprint density at radius 3 is 3.04 bits per heavy atom. The first-order valence-electron chi connectivity index (χ1n) is 8.46. The molecule has 1 atom stereocenters. The monoisotopic (exact) mass is 439 g/mol. The molecular weight excluding hydrogens is 426 g/mol. The second-order valence-electron chi connectivity index (χ2n) is 6.46. The van der Waals surface area contributed by atoms with Gasteiger partial charge in [-0.25, -0.2) is 4.98 Å². The largest absolute Gasteiger partial charge is 0.310 e. The van der Waals surface area contributed by atoms with E-state index >= 15 is 0 Å². The van der Waals surface area contributed by atoms with Crippen LogP contribution in [-0.4, -0.2) is 25.7 Å². The van der Waals surface area contributed by atoms with Gasteiger partial charge in [0.05, 0.1) is 15.9 Å². The van der Waals surface area contributed by atoms with Gasteiger partial charge in [0, 0.05) is 34.8 Å². The van der Waals surface area contributed by atoms with Crippen molar-refractivity contribution < 1.29 is 4.79 Å². The molecule has 1 amide bonds. The number of carbonyl (C=O) groups excluding carboxylic acids is 1. The molecule has 0 unspecified atom stereocenters. The van der Waals surface area contributed by atoms with Gasteiger partial charge in [0.15, 0.2) is 0 Å². The molecule has 6 nitrogen and oxygen atoms in total. The number of halogens is 1. The number of thiazole rings is 1. The number of hydrogen-bond donors (Lipinski definition) is 1. The van der Waals surface area contributed by atoms with Crippen LogP contribution in [0.1, 0.15) is 29.2 Å². The zero-order valence-corrected chi connectivity index (χ0v) is 16.7. The summed E-state index contributed by atoms with van der Waals surface area (Å²) in [5.74, 6) is 0.622. The highest BCUT2D eigenvalue weighted by molar-refractivity contribution is 9.10. The Morgan fingerprint density at radius 2 is 2.22 bits per heavy atom. The minimum atomic E-state index is -0.0558. The lowest BCUT2D eigenvalue weighted by Crippen LogP contribution is -2.25. The number of carbonyl (C=O) groups is 1. The third-order valence-corrected chi connectivity index (χ3v) is 6.20. The lowest BCUT2D eigenvalue weighted by molar-refractivity contribution is -0.116. The zero-order valence-electron chi connectivity index (χ0n) is 14.3. The summed E-state index contributed by atoms with van der Waals surface area (Å²) in [7, 11) is 0. The van der Waals surface area contributed by atoms with Crippen molar-refractivity contribution in [1.29, 1.82) is 0 Å². The fourth-order valence-corrected chi connectivity index (χ4v) is 5.01. The fraction of sp³-hybridized carbons (Fsp3) is 0.158. The average molecular weight is 440 g/mol. The Morgan fingerprint density at radius 1 is 1.33 bits per heavy atom. The number of fused-ring (bicyclic) bond motifs is 2. The van der Waals surface area contributed by atoms with Crippen LogP contribution in [0.4, 0.5) is 5.82 Å². The van der Waals surface area contributed by atoms with Crippen LogP contribution in [0.3, 0.4) is 0 Å². The van der Waals surface area contributed by atoms with Crippen molar-refractivity contribution in [3.05, 3.63) is 64.0 Å². The van der Waals surface area contributed by atoms with Crippen molar-refractivity contribution >= 4 is 49.2 Å². The highest BCUT2D eigenvalue weighted by Crippen LogP contribution is 2.40. The van der Waals surface area contributed by atoms with Crippen LogP contribution >= 0.6 is 27.3 Å². The number of aryl methyl sites for hydroxylation is 1. The molecule has 0 spiro atoms. The number of amides is 1. The minimum absolute atomic E-state index is 0.0265. The summed E-state index contributed by atoms with van der Waals surface area (Å²) in [5, 5.41) is 8.45. The Labute approximate surface area is 167 Å². The van der Waals surface area contributed by atoms with Gasteiger partial charge in [-0.15, -0.1) is 0 Å². The van der Waals surface area contributed by atoms with Gasteiger partial charge < -0.3 is 5.32 Å². The lowest BCUT2D eigenvalue weighted by atomic mass is 9.87. The van der Waals surface area contributed by atoms with Gasteiger partial charge in [0.1, 0.15) is 5.82 Å². The van der Waals surface area contributed by atoms with Crippen LogP contribution in [-0.2, 0) is 4.79 Å². The molecule has 0 bridgehead atoms. The Bertz CT molecular complexity index is 1180. The first-order valence-corrected chi connectivity index (χ1v) is 10.1. The molecule has 1 aliphatic rings. The van der Waals surface area contributed by atoms with Crippen LogP contribution in [0.5, 0.6) is 0 Å². The van der Waals surface area contributed by atoms with E-state index in [0.29, 0.717) is 12.2 Å². The number of aromatic nitrogens is 4. The SMILES string of the molecule is Cc1nn(-c2nc3ccc(Br)cc3s2)c2c1[C@@H](c1cccnc1)CC(=O)N2. The molecule has 0 aliphatic carbocycles.